The lowest BCUT2D eigenvalue weighted by molar-refractivity contribution is 0.102. The van der Waals surface area contributed by atoms with Gasteiger partial charge in [-0.1, -0.05) is 12.1 Å². The summed E-state index contributed by atoms with van der Waals surface area (Å²) in [6, 6.07) is 21.7. The SMILES string of the molecule is COc1ccc(C(=O)Nc2ccc(N3CCN(c4ccccc4F)CC3)cc2)cc1. The Hall–Kier alpha value is -3.54. The molecule has 3 aromatic rings. The third-order valence-electron chi connectivity index (χ3n) is 5.32. The molecule has 0 aromatic heterocycles. The van der Waals surface area contributed by atoms with Crippen LogP contribution in [0.25, 0.3) is 0 Å². The third-order valence-corrected chi connectivity index (χ3v) is 5.32. The fourth-order valence-corrected chi connectivity index (χ4v) is 3.61. The summed E-state index contributed by atoms with van der Waals surface area (Å²) in [4.78, 5) is 16.7. The normalized spacial score (nSPS) is 13.8. The molecule has 0 aliphatic carbocycles. The van der Waals surface area contributed by atoms with Crippen molar-refractivity contribution in [3.8, 4) is 5.75 Å². The average Bonchev–Trinajstić information content (AvgIpc) is 2.80. The van der Waals surface area contributed by atoms with Crippen LogP contribution in [0, 0.1) is 5.82 Å². The molecule has 1 aliphatic rings. The molecule has 4 rings (SSSR count). The highest BCUT2D eigenvalue weighted by Gasteiger charge is 2.19. The summed E-state index contributed by atoms with van der Waals surface area (Å²) < 4.78 is 19.1. The Balaban J connectivity index is 1.34. The number of rotatable bonds is 5. The molecule has 1 N–H and O–H groups in total. The molecule has 1 heterocycles. The van der Waals surface area contributed by atoms with Gasteiger partial charge in [0.15, 0.2) is 0 Å². The largest absolute Gasteiger partial charge is 0.497 e. The Morgan fingerprint density at radius 2 is 1.50 bits per heavy atom. The maximum absolute atomic E-state index is 14.0. The number of halogens is 1. The van der Waals surface area contributed by atoms with Crippen molar-refractivity contribution in [2.75, 3.05) is 48.4 Å². The average molecular weight is 405 g/mol. The standard InChI is InChI=1S/C24H24FN3O2/c1-30-21-12-6-18(7-13-21)24(29)26-19-8-10-20(11-9-19)27-14-16-28(17-15-27)23-5-3-2-4-22(23)25/h2-13H,14-17H2,1H3,(H,26,29). The van der Waals surface area contributed by atoms with Gasteiger partial charge in [-0.2, -0.15) is 0 Å². The molecule has 5 nitrogen and oxygen atoms in total. The first-order valence-corrected chi connectivity index (χ1v) is 9.94. The van der Waals surface area contributed by atoms with Crippen molar-refractivity contribution in [2.45, 2.75) is 0 Å². The van der Waals surface area contributed by atoms with Crippen molar-refractivity contribution in [1.82, 2.24) is 0 Å². The van der Waals surface area contributed by atoms with Crippen LogP contribution in [-0.4, -0.2) is 39.2 Å². The second-order valence-corrected chi connectivity index (χ2v) is 7.16. The Labute approximate surface area is 175 Å². The highest BCUT2D eigenvalue weighted by molar-refractivity contribution is 6.04. The maximum Gasteiger partial charge on any atom is 0.255 e. The van der Waals surface area contributed by atoms with Gasteiger partial charge in [-0.25, -0.2) is 4.39 Å². The van der Waals surface area contributed by atoms with E-state index < -0.39 is 0 Å². The zero-order chi connectivity index (χ0) is 20.9. The molecule has 3 aromatic carbocycles. The zero-order valence-corrected chi connectivity index (χ0v) is 16.8. The summed E-state index contributed by atoms with van der Waals surface area (Å²) in [6.45, 7) is 3.14. The van der Waals surface area contributed by atoms with Crippen LogP contribution in [-0.2, 0) is 0 Å². The van der Waals surface area contributed by atoms with Crippen LogP contribution in [0.1, 0.15) is 10.4 Å². The van der Waals surface area contributed by atoms with Crippen LogP contribution >= 0.6 is 0 Å². The molecule has 1 saturated heterocycles. The summed E-state index contributed by atoms with van der Waals surface area (Å²) in [5, 5.41) is 2.91. The summed E-state index contributed by atoms with van der Waals surface area (Å²) in [6.07, 6.45) is 0. The number of hydrogen-bond acceptors (Lipinski definition) is 4. The Kier molecular flexibility index (Phi) is 5.84. The second-order valence-electron chi connectivity index (χ2n) is 7.16. The minimum atomic E-state index is -0.178. The first-order chi connectivity index (χ1) is 14.6. The van der Waals surface area contributed by atoms with Crippen LogP contribution in [0.4, 0.5) is 21.5 Å². The van der Waals surface area contributed by atoms with Gasteiger partial charge in [0.25, 0.3) is 5.91 Å². The van der Waals surface area contributed by atoms with E-state index in [-0.39, 0.29) is 11.7 Å². The van der Waals surface area contributed by atoms with Crippen molar-refractivity contribution in [2.24, 2.45) is 0 Å². The van der Waals surface area contributed by atoms with E-state index >= 15 is 0 Å². The van der Waals surface area contributed by atoms with E-state index in [0.29, 0.717) is 17.0 Å². The molecule has 30 heavy (non-hydrogen) atoms. The van der Waals surface area contributed by atoms with Gasteiger partial charge in [0, 0.05) is 43.1 Å². The molecule has 1 fully saturated rings. The number of amides is 1. The minimum Gasteiger partial charge on any atom is -0.497 e. The number of para-hydroxylation sites is 1. The fraction of sp³-hybridized carbons (Fsp3) is 0.208. The quantitative estimate of drug-likeness (QED) is 0.683. The lowest BCUT2D eigenvalue weighted by Crippen LogP contribution is -2.46. The van der Waals surface area contributed by atoms with Crippen molar-refractivity contribution < 1.29 is 13.9 Å². The van der Waals surface area contributed by atoms with E-state index in [1.807, 2.05) is 36.4 Å². The van der Waals surface area contributed by atoms with Crippen molar-refractivity contribution in [3.63, 3.8) is 0 Å². The van der Waals surface area contributed by atoms with E-state index in [4.69, 9.17) is 4.74 Å². The predicted molar refractivity (Wildman–Crippen MR) is 118 cm³/mol. The second kappa shape index (κ2) is 8.86. The lowest BCUT2D eigenvalue weighted by atomic mass is 10.2. The molecule has 0 bridgehead atoms. The van der Waals surface area contributed by atoms with E-state index in [2.05, 4.69) is 15.1 Å². The molecule has 1 aliphatic heterocycles. The molecule has 0 atom stereocenters. The first kappa shape index (κ1) is 19.8. The summed E-state index contributed by atoms with van der Waals surface area (Å²) in [7, 11) is 1.59. The molecule has 1 amide bonds. The summed E-state index contributed by atoms with van der Waals surface area (Å²) >= 11 is 0. The summed E-state index contributed by atoms with van der Waals surface area (Å²) in [5.41, 5.74) is 3.06. The molecule has 6 heteroatoms. The monoisotopic (exact) mass is 405 g/mol. The number of nitrogens with one attached hydrogen (secondary N) is 1. The molecule has 154 valence electrons. The predicted octanol–water partition coefficient (Wildman–Crippen LogP) is 4.41. The molecule has 0 unspecified atom stereocenters. The van der Waals surface area contributed by atoms with Crippen LogP contribution in [0.15, 0.2) is 72.8 Å². The number of carbonyl (C=O) groups is 1. The van der Waals surface area contributed by atoms with Gasteiger partial charge in [-0.15, -0.1) is 0 Å². The Morgan fingerprint density at radius 3 is 2.13 bits per heavy atom. The van der Waals surface area contributed by atoms with Gasteiger partial charge < -0.3 is 19.9 Å². The van der Waals surface area contributed by atoms with Crippen LogP contribution in [0.3, 0.4) is 0 Å². The van der Waals surface area contributed by atoms with Gasteiger partial charge in [0.2, 0.25) is 0 Å². The molecular weight excluding hydrogens is 381 g/mol. The van der Waals surface area contributed by atoms with Crippen molar-refractivity contribution in [1.29, 1.82) is 0 Å². The van der Waals surface area contributed by atoms with Gasteiger partial charge in [-0.05, 0) is 60.7 Å². The molecule has 0 spiro atoms. The topological polar surface area (TPSA) is 44.8 Å². The van der Waals surface area contributed by atoms with E-state index in [1.165, 1.54) is 6.07 Å². The minimum absolute atomic E-state index is 0.163. The van der Waals surface area contributed by atoms with Gasteiger partial charge in [0.1, 0.15) is 11.6 Å². The van der Waals surface area contributed by atoms with Crippen LogP contribution < -0.4 is 19.9 Å². The smallest absolute Gasteiger partial charge is 0.255 e. The van der Waals surface area contributed by atoms with Crippen LogP contribution in [0.5, 0.6) is 5.75 Å². The maximum atomic E-state index is 14.0. The summed E-state index contributed by atoms with van der Waals surface area (Å²) in [5.74, 6) is 0.373. The first-order valence-electron chi connectivity index (χ1n) is 9.94. The fourth-order valence-electron chi connectivity index (χ4n) is 3.61. The zero-order valence-electron chi connectivity index (χ0n) is 16.8. The van der Waals surface area contributed by atoms with E-state index in [1.54, 1.807) is 37.4 Å². The number of piperazine rings is 1. The number of anilines is 3. The number of nitrogens with zero attached hydrogens (tertiary/aromatic N) is 2. The number of hydrogen-bond donors (Lipinski definition) is 1. The number of methoxy groups -OCH3 is 1. The number of ether oxygens (including phenoxy) is 1. The highest BCUT2D eigenvalue weighted by atomic mass is 19.1. The van der Waals surface area contributed by atoms with E-state index in [0.717, 1.165) is 37.6 Å². The van der Waals surface area contributed by atoms with E-state index in [9.17, 15) is 9.18 Å². The van der Waals surface area contributed by atoms with Crippen molar-refractivity contribution >= 4 is 23.0 Å². The Bertz CT molecular complexity index is 998. The van der Waals surface area contributed by atoms with Gasteiger partial charge in [0.05, 0.1) is 12.8 Å². The lowest BCUT2D eigenvalue weighted by Gasteiger charge is -2.37. The highest BCUT2D eigenvalue weighted by Crippen LogP contribution is 2.24. The Morgan fingerprint density at radius 1 is 0.867 bits per heavy atom. The van der Waals surface area contributed by atoms with Gasteiger partial charge in [-0.3, -0.25) is 4.79 Å². The van der Waals surface area contributed by atoms with Crippen molar-refractivity contribution in [3.05, 3.63) is 84.2 Å². The molecular formula is C24H24FN3O2. The number of benzene rings is 3. The number of carbonyl (C=O) groups excluding carboxylic acids is 1. The molecule has 0 saturated carbocycles. The van der Waals surface area contributed by atoms with Crippen LogP contribution in [0.2, 0.25) is 0 Å². The van der Waals surface area contributed by atoms with Gasteiger partial charge >= 0.3 is 0 Å². The molecule has 0 radical (unpaired) electrons. The third kappa shape index (κ3) is 4.38.